The van der Waals surface area contributed by atoms with Gasteiger partial charge in [0.25, 0.3) is 0 Å². The lowest BCUT2D eigenvalue weighted by atomic mass is 10.1. The van der Waals surface area contributed by atoms with Gasteiger partial charge in [-0.25, -0.2) is 0 Å². The minimum atomic E-state index is 0.665. The van der Waals surface area contributed by atoms with Crippen LogP contribution in [0.4, 0.5) is 0 Å². The van der Waals surface area contributed by atoms with Crippen molar-refractivity contribution < 1.29 is 4.52 Å². The van der Waals surface area contributed by atoms with Gasteiger partial charge in [0.15, 0.2) is 0 Å². The first-order valence-electron chi connectivity index (χ1n) is 6.09. The smallest absolute Gasteiger partial charge is 0.138 e. The number of nitrogens with one attached hydrogen (secondary N) is 1. The first kappa shape index (κ1) is 11.6. The average Bonchev–Trinajstić information content (AvgIpc) is 2.89. The zero-order valence-electron chi connectivity index (χ0n) is 10.4. The van der Waals surface area contributed by atoms with E-state index in [0.29, 0.717) is 6.04 Å². The van der Waals surface area contributed by atoms with Crippen molar-refractivity contribution in [2.45, 2.75) is 39.8 Å². The zero-order chi connectivity index (χ0) is 11.5. The van der Waals surface area contributed by atoms with Crippen LogP contribution in [-0.4, -0.2) is 35.7 Å². The molecule has 1 saturated heterocycles. The summed E-state index contributed by atoms with van der Waals surface area (Å²) < 4.78 is 5.21. The summed E-state index contributed by atoms with van der Waals surface area (Å²) in [6.45, 7) is 10.5. The third kappa shape index (κ3) is 2.28. The summed E-state index contributed by atoms with van der Waals surface area (Å²) in [6, 6.07) is 0.665. The van der Waals surface area contributed by atoms with Crippen LogP contribution in [0.25, 0.3) is 0 Å². The van der Waals surface area contributed by atoms with Gasteiger partial charge in [-0.1, -0.05) is 12.1 Å². The van der Waals surface area contributed by atoms with E-state index in [1.165, 1.54) is 12.0 Å². The van der Waals surface area contributed by atoms with E-state index < -0.39 is 0 Å². The Morgan fingerprint density at radius 3 is 2.81 bits per heavy atom. The Labute approximate surface area is 97.0 Å². The molecule has 90 valence electrons. The highest BCUT2D eigenvalue weighted by molar-refractivity contribution is 5.20. The highest BCUT2D eigenvalue weighted by atomic mass is 16.5. The van der Waals surface area contributed by atoms with E-state index in [-0.39, 0.29) is 0 Å². The van der Waals surface area contributed by atoms with Crippen LogP contribution in [0.2, 0.25) is 0 Å². The van der Waals surface area contributed by atoms with Crippen LogP contribution < -0.4 is 5.32 Å². The van der Waals surface area contributed by atoms with Crippen LogP contribution in [0.3, 0.4) is 0 Å². The molecule has 1 atom stereocenters. The van der Waals surface area contributed by atoms with Crippen LogP contribution in [0, 0.1) is 13.8 Å². The summed E-state index contributed by atoms with van der Waals surface area (Å²) in [7, 11) is 0. The van der Waals surface area contributed by atoms with Gasteiger partial charge >= 0.3 is 0 Å². The maximum absolute atomic E-state index is 5.21. The normalized spacial score (nSPS) is 20.9. The van der Waals surface area contributed by atoms with Crippen LogP contribution in [0.5, 0.6) is 0 Å². The van der Waals surface area contributed by atoms with Crippen LogP contribution >= 0.6 is 0 Å². The SMILES string of the molecule is CCN(Cc1c(C)noc1C)C1CCNC1. The van der Waals surface area contributed by atoms with Crippen molar-refractivity contribution in [3.8, 4) is 0 Å². The van der Waals surface area contributed by atoms with Crippen molar-refractivity contribution in [3.05, 3.63) is 17.0 Å². The molecule has 4 heteroatoms. The highest BCUT2D eigenvalue weighted by Crippen LogP contribution is 2.18. The zero-order valence-corrected chi connectivity index (χ0v) is 10.4. The minimum absolute atomic E-state index is 0.665. The summed E-state index contributed by atoms with van der Waals surface area (Å²) >= 11 is 0. The summed E-state index contributed by atoms with van der Waals surface area (Å²) in [5.41, 5.74) is 2.29. The second-order valence-corrected chi connectivity index (χ2v) is 4.51. The van der Waals surface area contributed by atoms with Crippen LogP contribution in [-0.2, 0) is 6.54 Å². The summed E-state index contributed by atoms with van der Waals surface area (Å²) in [4.78, 5) is 2.51. The van der Waals surface area contributed by atoms with Gasteiger partial charge in [-0.2, -0.15) is 0 Å². The monoisotopic (exact) mass is 223 g/mol. The number of aromatic nitrogens is 1. The maximum atomic E-state index is 5.21. The fraction of sp³-hybridized carbons (Fsp3) is 0.750. The molecule has 0 bridgehead atoms. The van der Waals surface area contributed by atoms with Crippen molar-refractivity contribution in [3.63, 3.8) is 0 Å². The number of hydrogen-bond acceptors (Lipinski definition) is 4. The fourth-order valence-corrected chi connectivity index (χ4v) is 2.38. The molecule has 2 heterocycles. The molecule has 1 aromatic rings. The number of nitrogens with zero attached hydrogens (tertiary/aromatic N) is 2. The quantitative estimate of drug-likeness (QED) is 0.839. The Kier molecular flexibility index (Phi) is 3.61. The summed E-state index contributed by atoms with van der Waals surface area (Å²) in [5.74, 6) is 0.960. The molecule has 0 saturated carbocycles. The van der Waals surface area contributed by atoms with E-state index in [1.54, 1.807) is 0 Å². The molecule has 2 rings (SSSR count). The Hall–Kier alpha value is -0.870. The molecule has 1 aromatic heterocycles. The molecule has 4 nitrogen and oxygen atoms in total. The lowest BCUT2D eigenvalue weighted by Crippen LogP contribution is -2.36. The van der Waals surface area contributed by atoms with Crippen molar-refractivity contribution >= 4 is 0 Å². The van der Waals surface area contributed by atoms with Gasteiger partial charge in [-0.05, 0) is 33.4 Å². The van der Waals surface area contributed by atoms with E-state index in [2.05, 4.69) is 22.3 Å². The predicted molar refractivity (Wildman–Crippen MR) is 63.3 cm³/mol. The Morgan fingerprint density at radius 2 is 2.31 bits per heavy atom. The molecule has 1 N–H and O–H groups in total. The topological polar surface area (TPSA) is 41.3 Å². The first-order valence-corrected chi connectivity index (χ1v) is 6.09. The molecule has 0 aliphatic carbocycles. The van der Waals surface area contributed by atoms with E-state index in [1.807, 2.05) is 13.8 Å². The van der Waals surface area contributed by atoms with Crippen molar-refractivity contribution in [1.82, 2.24) is 15.4 Å². The molecular weight excluding hydrogens is 202 g/mol. The van der Waals surface area contributed by atoms with Crippen molar-refractivity contribution in [1.29, 1.82) is 0 Å². The third-order valence-corrected chi connectivity index (χ3v) is 3.50. The third-order valence-electron chi connectivity index (χ3n) is 3.50. The minimum Gasteiger partial charge on any atom is -0.361 e. The largest absolute Gasteiger partial charge is 0.361 e. The molecular formula is C12H21N3O. The van der Waals surface area contributed by atoms with Gasteiger partial charge in [-0.15, -0.1) is 0 Å². The molecule has 1 aliphatic rings. The standard InChI is InChI=1S/C12H21N3O/c1-4-15(11-5-6-13-7-11)8-12-9(2)14-16-10(12)3/h11,13H,4-8H2,1-3H3. The molecule has 1 aliphatic heterocycles. The molecule has 0 spiro atoms. The second-order valence-electron chi connectivity index (χ2n) is 4.51. The van der Waals surface area contributed by atoms with E-state index in [9.17, 15) is 0 Å². The molecule has 0 radical (unpaired) electrons. The lowest BCUT2D eigenvalue weighted by Gasteiger charge is -2.26. The van der Waals surface area contributed by atoms with Crippen molar-refractivity contribution in [2.24, 2.45) is 0 Å². The van der Waals surface area contributed by atoms with Crippen molar-refractivity contribution in [2.75, 3.05) is 19.6 Å². The van der Waals surface area contributed by atoms with Crippen LogP contribution in [0.15, 0.2) is 4.52 Å². The summed E-state index contributed by atoms with van der Waals surface area (Å²) in [5, 5.41) is 7.43. The average molecular weight is 223 g/mol. The number of aryl methyl sites for hydroxylation is 2. The maximum Gasteiger partial charge on any atom is 0.138 e. The van der Waals surface area contributed by atoms with E-state index in [0.717, 1.165) is 37.6 Å². The Bertz CT molecular complexity index is 323. The summed E-state index contributed by atoms with van der Waals surface area (Å²) in [6.07, 6.45) is 1.25. The van der Waals surface area contributed by atoms with Gasteiger partial charge in [0.05, 0.1) is 5.69 Å². The van der Waals surface area contributed by atoms with Gasteiger partial charge < -0.3 is 9.84 Å². The van der Waals surface area contributed by atoms with Crippen LogP contribution in [0.1, 0.15) is 30.4 Å². The fourth-order valence-electron chi connectivity index (χ4n) is 2.38. The molecule has 16 heavy (non-hydrogen) atoms. The molecule has 0 amide bonds. The molecule has 1 unspecified atom stereocenters. The number of rotatable bonds is 4. The number of hydrogen-bond donors (Lipinski definition) is 1. The second kappa shape index (κ2) is 4.97. The van der Waals surface area contributed by atoms with Gasteiger partial charge in [0.1, 0.15) is 5.76 Å². The van der Waals surface area contributed by atoms with Gasteiger partial charge in [0.2, 0.25) is 0 Å². The molecule has 0 aromatic carbocycles. The van der Waals surface area contributed by atoms with E-state index >= 15 is 0 Å². The lowest BCUT2D eigenvalue weighted by molar-refractivity contribution is 0.209. The van der Waals surface area contributed by atoms with Gasteiger partial charge in [0, 0.05) is 24.7 Å². The predicted octanol–water partition coefficient (Wildman–Crippen LogP) is 1.48. The number of likely N-dealkylation sites (N-methyl/N-ethyl adjacent to an activating group) is 1. The Balaban J connectivity index is 2.06. The molecule has 1 fully saturated rings. The highest BCUT2D eigenvalue weighted by Gasteiger charge is 2.23. The first-order chi connectivity index (χ1) is 7.72. The van der Waals surface area contributed by atoms with E-state index in [4.69, 9.17) is 4.52 Å². The van der Waals surface area contributed by atoms with Gasteiger partial charge in [-0.3, -0.25) is 4.90 Å². The Morgan fingerprint density at radius 1 is 1.50 bits per heavy atom.